The molecule has 102 valence electrons. The molecule has 2 nitrogen and oxygen atoms in total. The van der Waals surface area contributed by atoms with Crippen LogP contribution in [0.5, 0.6) is 0 Å². The Bertz CT molecular complexity index is 466. The van der Waals surface area contributed by atoms with Crippen molar-refractivity contribution in [3.8, 4) is 0 Å². The van der Waals surface area contributed by atoms with Crippen molar-refractivity contribution in [2.75, 3.05) is 0 Å². The lowest BCUT2D eigenvalue weighted by atomic mass is 9.87. The average molecular weight is 256 g/mol. The SMILES string of the molecule is CCc1cccnc1CNC(C)C1CC2C=CC1C2. The maximum atomic E-state index is 4.52. The fraction of sp³-hybridized carbons (Fsp3) is 0.588. The summed E-state index contributed by atoms with van der Waals surface area (Å²) in [5.74, 6) is 2.51. The lowest BCUT2D eigenvalue weighted by Crippen LogP contribution is -2.35. The summed E-state index contributed by atoms with van der Waals surface area (Å²) in [4.78, 5) is 4.52. The number of allylic oxidation sites excluding steroid dienone is 2. The number of aryl methyl sites for hydroxylation is 1. The van der Waals surface area contributed by atoms with Gasteiger partial charge < -0.3 is 5.32 Å². The molecule has 2 aliphatic rings. The maximum absolute atomic E-state index is 4.52. The van der Waals surface area contributed by atoms with Gasteiger partial charge in [0.25, 0.3) is 0 Å². The van der Waals surface area contributed by atoms with Crippen LogP contribution in [0.4, 0.5) is 0 Å². The first-order valence-corrected chi connectivity index (χ1v) is 7.62. The first kappa shape index (κ1) is 12.9. The van der Waals surface area contributed by atoms with Gasteiger partial charge in [-0.15, -0.1) is 0 Å². The topological polar surface area (TPSA) is 24.9 Å². The molecule has 2 aliphatic carbocycles. The zero-order valence-electron chi connectivity index (χ0n) is 12.0. The van der Waals surface area contributed by atoms with Crippen LogP contribution in [-0.4, -0.2) is 11.0 Å². The van der Waals surface area contributed by atoms with E-state index in [0.29, 0.717) is 6.04 Å². The molecule has 0 aromatic carbocycles. The van der Waals surface area contributed by atoms with E-state index in [2.05, 4.69) is 42.4 Å². The first-order valence-electron chi connectivity index (χ1n) is 7.62. The fourth-order valence-electron chi connectivity index (χ4n) is 3.76. The monoisotopic (exact) mass is 256 g/mol. The highest BCUT2D eigenvalue weighted by Gasteiger charge is 2.38. The van der Waals surface area contributed by atoms with Crippen molar-refractivity contribution in [3.63, 3.8) is 0 Å². The van der Waals surface area contributed by atoms with Crippen molar-refractivity contribution in [2.45, 2.75) is 45.7 Å². The minimum absolute atomic E-state index is 0.590. The molecule has 4 atom stereocenters. The number of nitrogens with zero attached hydrogens (tertiary/aromatic N) is 1. The molecular weight excluding hydrogens is 232 g/mol. The van der Waals surface area contributed by atoms with Crippen LogP contribution in [0.15, 0.2) is 30.5 Å². The van der Waals surface area contributed by atoms with Gasteiger partial charge in [-0.2, -0.15) is 0 Å². The van der Waals surface area contributed by atoms with E-state index in [9.17, 15) is 0 Å². The lowest BCUT2D eigenvalue weighted by Gasteiger charge is -2.26. The summed E-state index contributed by atoms with van der Waals surface area (Å²) >= 11 is 0. The molecule has 0 radical (unpaired) electrons. The number of rotatable bonds is 5. The minimum atomic E-state index is 0.590. The van der Waals surface area contributed by atoms with E-state index in [0.717, 1.165) is 30.7 Å². The molecule has 0 spiro atoms. The molecule has 1 N–H and O–H groups in total. The van der Waals surface area contributed by atoms with Crippen molar-refractivity contribution < 1.29 is 0 Å². The molecular formula is C17H24N2. The second-order valence-electron chi connectivity index (χ2n) is 6.08. The molecule has 1 saturated carbocycles. The average Bonchev–Trinajstić information content (AvgIpc) is 3.07. The van der Waals surface area contributed by atoms with Crippen LogP contribution in [-0.2, 0) is 13.0 Å². The van der Waals surface area contributed by atoms with Gasteiger partial charge in [0.05, 0.1) is 5.69 Å². The van der Waals surface area contributed by atoms with Crippen molar-refractivity contribution in [1.29, 1.82) is 0 Å². The molecule has 0 aliphatic heterocycles. The summed E-state index contributed by atoms with van der Waals surface area (Å²) in [6, 6.07) is 4.81. The lowest BCUT2D eigenvalue weighted by molar-refractivity contribution is 0.325. The van der Waals surface area contributed by atoms with E-state index < -0.39 is 0 Å². The van der Waals surface area contributed by atoms with Crippen LogP contribution in [0, 0.1) is 17.8 Å². The molecule has 4 unspecified atom stereocenters. The van der Waals surface area contributed by atoms with E-state index in [1.807, 2.05) is 12.3 Å². The van der Waals surface area contributed by atoms with Gasteiger partial charge >= 0.3 is 0 Å². The number of fused-ring (bicyclic) bond motifs is 2. The largest absolute Gasteiger partial charge is 0.308 e. The third-order valence-corrected chi connectivity index (χ3v) is 4.93. The summed E-state index contributed by atoms with van der Waals surface area (Å²) in [5, 5.41) is 3.70. The quantitative estimate of drug-likeness (QED) is 0.817. The normalized spacial score (nSPS) is 29.9. The Morgan fingerprint density at radius 2 is 2.26 bits per heavy atom. The predicted molar refractivity (Wildman–Crippen MR) is 78.8 cm³/mol. The van der Waals surface area contributed by atoms with Crippen LogP contribution >= 0.6 is 0 Å². The van der Waals surface area contributed by atoms with Crippen molar-refractivity contribution in [1.82, 2.24) is 10.3 Å². The molecule has 1 aromatic heterocycles. The number of aromatic nitrogens is 1. The number of pyridine rings is 1. The van der Waals surface area contributed by atoms with Crippen LogP contribution in [0.25, 0.3) is 0 Å². The van der Waals surface area contributed by atoms with Gasteiger partial charge in [-0.05, 0) is 55.6 Å². The Morgan fingerprint density at radius 3 is 2.95 bits per heavy atom. The third kappa shape index (κ3) is 2.59. The Morgan fingerprint density at radius 1 is 1.37 bits per heavy atom. The van der Waals surface area contributed by atoms with E-state index in [1.165, 1.54) is 24.1 Å². The Kier molecular flexibility index (Phi) is 3.69. The maximum Gasteiger partial charge on any atom is 0.0573 e. The predicted octanol–water partition coefficient (Wildman–Crippen LogP) is 3.33. The first-order chi connectivity index (χ1) is 9.28. The van der Waals surface area contributed by atoms with E-state index in [1.54, 1.807) is 0 Å². The summed E-state index contributed by atoms with van der Waals surface area (Å²) in [7, 11) is 0. The van der Waals surface area contributed by atoms with Crippen molar-refractivity contribution >= 4 is 0 Å². The van der Waals surface area contributed by atoms with E-state index in [4.69, 9.17) is 0 Å². The molecule has 0 saturated heterocycles. The van der Waals surface area contributed by atoms with Crippen LogP contribution < -0.4 is 5.32 Å². The Hall–Kier alpha value is -1.15. The van der Waals surface area contributed by atoms with Gasteiger partial charge in [-0.1, -0.05) is 25.1 Å². The summed E-state index contributed by atoms with van der Waals surface area (Å²) in [5.41, 5.74) is 2.59. The van der Waals surface area contributed by atoms with Crippen molar-refractivity contribution in [2.24, 2.45) is 17.8 Å². The number of hydrogen-bond donors (Lipinski definition) is 1. The van der Waals surface area contributed by atoms with Gasteiger partial charge in [-0.3, -0.25) is 4.98 Å². The molecule has 1 heterocycles. The summed E-state index contributed by atoms with van der Waals surface area (Å²) in [6.07, 6.45) is 10.6. The second kappa shape index (κ2) is 5.46. The smallest absolute Gasteiger partial charge is 0.0573 e. The molecule has 3 rings (SSSR count). The van der Waals surface area contributed by atoms with E-state index in [-0.39, 0.29) is 0 Å². The molecule has 1 aromatic rings. The molecule has 2 bridgehead atoms. The van der Waals surface area contributed by atoms with Gasteiger partial charge in [0.15, 0.2) is 0 Å². The Labute approximate surface area is 116 Å². The molecule has 2 heteroatoms. The Balaban J connectivity index is 1.58. The van der Waals surface area contributed by atoms with Gasteiger partial charge in [0.2, 0.25) is 0 Å². The highest BCUT2D eigenvalue weighted by atomic mass is 14.9. The van der Waals surface area contributed by atoms with Gasteiger partial charge in [-0.25, -0.2) is 0 Å². The third-order valence-electron chi connectivity index (χ3n) is 4.93. The summed E-state index contributed by atoms with van der Waals surface area (Å²) in [6.45, 7) is 5.45. The van der Waals surface area contributed by atoms with Gasteiger partial charge in [0.1, 0.15) is 0 Å². The van der Waals surface area contributed by atoms with Crippen LogP contribution in [0.1, 0.15) is 37.9 Å². The standard InChI is InChI=1S/C17H24N2/c1-3-14-5-4-8-18-17(14)11-19-12(2)16-10-13-6-7-15(16)9-13/h4-8,12-13,15-16,19H,3,9-11H2,1-2H3. The molecule has 19 heavy (non-hydrogen) atoms. The molecule has 1 fully saturated rings. The fourth-order valence-corrected chi connectivity index (χ4v) is 3.76. The summed E-state index contributed by atoms with van der Waals surface area (Å²) < 4.78 is 0. The highest BCUT2D eigenvalue weighted by Crippen LogP contribution is 2.44. The second-order valence-corrected chi connectivity index (χ2v) is 6.08. The zero-order chi connectivity index (χ0) is 13.2. The van der Waals surface area contributed by atoms with Crippen LogP contribution in [0.3, 0.4) is 0 Å². The van der Waals surface area contributed by atoms with Crippen molar-refractivity contribution in [3.05, 3.63) is 41.7 Å². The number of nitrogens with one attached hydrogen (secondary N) is 1. The van der Waals surface area contributed by atoms with Crippen LogP contribution in [0.2, 0.25) is 0 Å². The van der Waals surface area contributed by atoms with Gasteiger partial charge in [0, 0.05) is 18.8 Å². The highest BCUT2D eigenvalue weighted by molar-refractivity contribution is 5.19. The van der Waals surface area contributed by atoms with E-state index >= 15 is 0 Å². The zero-order valence-corrected chi connectivity index (χ0v) is 12.0. The minimum Gasteiger partial charge on any atom is -0.308 e. The number of hydrogen-bond acceptors (Lipinski definition) is 2. The molecule has 0 amide bonds.